The summed E-state index contributed by atoms with van der Waals surface area (Å²) in [6.07, 6.45) is 3.93. The van der Waals surface area contributed by atoms with Crippen LogP contribution in [0.1, 0.15) is 62.4 Å². The van der Waals surface area contributed by atoms with Crippen molar-refractivity contribution in [3.05, 3.63) is 57.0 Å². The van der Waals surface area contributed by atoms with Crippen LogP contribution in [0.15, 0.2) is 34.2 Å². The molecule has 3 rings (SSSR count). The molecule has 0 radical (unpaired) electrons. The largest absolute Gasteiger partial charge is 0.342 e. The second-order valence-electron chi connectivity index (χ2n) is 9.18. The Balaban J connectivity index is 1.72. The van der Waals surface area contributed by atoms with E-state index in [1.54, 1.807) is 11.6 Å². The fourth-order valence-electron chi connectivity index (χ4n) is 3.75. The quantitative estimate of drug-likeness (QED) is 0.533. The van der Waals surface area contributed by atoms with Crippen molar-refractivity contribution in [1.29, 1.82) is 0 Å². The molecule has 0 atom stereocenters. The van der Waals surface area contributed by atoms with Gasteiger partial charge < -0.3 is 4.90 Å². The van der Waals surface area contributed by atoms with Crippen LogP contribution in [-0.2, 0) is 23.7 Å². The van der Waals surface area contributed by atoms with Crippen molar-refractivity contribution in [3.8, 4) is 0 Å². The number of hydrogen-bond donors (Lipinski definition) is 0. The van der Waals surface area contributed by atoms with Crippen LogP contribution in [0.3, 0.4) is 0 Å². The van der Waals surface area contributed by atoms with E-state index in [-0.39, 0.29) is 16.9 Å². The molecular formula is C24H33N3O2S. The van der Waals surface area contributed by atoms with Gasteiger partial charge in [-0.3, -0.25) is 14.2 Å². The molecule has 1 aliphatic heterocycles. The number of aryl methyl sites for hydroxylation is 1. The number of carbonyl (C=O) groups excluding carboxylic acids is 1. The first-order valence-electron chi connectivity index (χ1n) is 10.7. The third-order valence-corrected chi connectivity index (χ3v) is 6.80. The minimum Gasteiger partial charge on any atom is -0.342 e. The number of nitrogens with zero attached hydrogens (tertiary/aromatic N) is 3. The average molecular weight is 428 g/mol. The molecule has 5 nitrogen and oxygen atoms in total. The molecule has 162 valence electrons. The summed E-state index contributed by atoms with van der Waals surface area (Å²) in [6.45, 7) is 10.2. The van der Waals surface area contributed by atoms with Crippen molar-refractivity contribution in [3.63, 3.8) is 0 Å². The zero-order chi connectivity index (χ0) is 21.9. The fraction of sp³-hybridized carbons (Fsp3) is 0.542. The number of likely N-dealkylation sites (tertiary alicyclic amines) is 1. The van der Waals surface area contributed by atoms with Crippen LogP contribution < -0.4 is 5.56 Å². The fourth-order valence-corrected chi connectivity index (χ4v) is 4.66. The maximum atomic E-state index is 13.0. The Kier molecular flexibility index (Phi) is 7.06. The molecule has 6 heteroatoms. The van der Waals surface area contributed by atoms with Gasteiger partial charge in [0.05, 0.1) is 5.75 Å². The summed E-state index contributed by atoms with van der Waals surface area (Å²) in [6, 6.07) is 8.47. The normalized spacial score (nSPS) is 14.8. The Labute approximate surface area is 183 Å². The lowest BCUT2D eigenvalue weighted by atomic mass is 9.86. The monoisotopic (exact) mass is 427 g/mol. The van der Waals surface area contributed by atoms with Gasteiger partial charge in [0.1, 0.15) is 0 Å². The molecule has 1 aromatic carbocycles. The summed E-state index contributed by atoms with van der Waals surface area (Å²) in [5, 5.41) is 0.606. The van der Waals surface area contributed by atoms with Crippen LogP contribution in [0.5, 0.6) is 0 Å². The van der Waals surface area contributed by atoms with Gasteiger partial charge in [-0.2, -0.15) is 0 Å². The van der Waals surface area contributed by atoms with E-state index in [1.165, 1.54) is 23.7 Å². The number of benzene rings is 1. The Morgan fingerprint density at radius 2 is 1.73 bits per heavy atom. The third-order valence-electron chi connectivity index (χ3n) is 5.78. The summed E-state index contributed by atoms with van der Waals surface area (Å²) in [5.41, 5.74) is 3.91. The topological polar surface area (TPSA) is 55.2 Å². The van der Waals surface area contributed by atoms with Gasteiger partial charge in [0.2, 0.25) is 5.91 Å². The molecule has 2 heterocycles. The lowest BCUT2D eigenvalue weighted by Gasteiger charge is -2.26. The van der Waals surface area contributed by atoms with E-state index >= 15 is 0 Å². The molecule has 30 heavy (non-hydrogen) atoms. The minimum atomic E-state index is -0.0321. The van der Waals surface area contributed by atoms with Crippen molar-refractivity contribution in [1.82, 2.24) is 14.5 Å². The van der Waals surface area contributed by atoms with Crippen molar-refractivity contribution < 1.29 is 4.79 Å². The number of piperidine rings is 1. The van der Waals surface area contributed by atoms with Gasteiger partial charge in [0, 0.05) is 37.8 Å². The van der Waals surface area contributed by atoms with Crippen molar-refractivity contribution in [2.45, 2.75) is 63.9 Å². The highest BCUT2D eigenvalue weighted by atomic mass is 32.2. The van der Waals surface area contributed by atoms with Crippen LogP contribution >= 0.6 is 11.8 Å². The predicted octanol–water partition coefficient (Wildman–Crippen LogP) is 4.08. The van der Waals surface area contributed by atoms with Gasteiger partial charge >= 0.3 is 0 Å². The number of carbonyl (C=O) groups is 1. The molecule has 0 bridgehead atoms. The first kappa shape index (κ1) is 22.6. The van der Waals surface area contributed by atoms with E-state index in [0.29, 0.717) is 22.9 Å². The molecule has 1 aliphatic rings. The molecular weight excluding hydrogens is 394 g/mol. The summed E-state index contributed by atoms with van der Waals surface area (Å²) in [5.74, 6) is 0.461. The molecule has 2 aromatic rings. The summed E-state index contributed by atoms with van der Waals surface area (Å²) >= 11 is 1.36. The SMILES string of the molecule is Cc1nc(SCC(=O)N2CCCCC2)n(C)c(=O)c1Cc1ccc(C(C)(C)C)cc1. The summed E-state index contributed by atoms with van der Waals surface area (Å²) in [7, 11) is 1.74. The molecule has 1 aromatic heterocycles. The molecule has 1 fully saturated rings. The Bertz CT molecular complexity index is 952. The Morgan fingerprint density at radius 3 is 2.33 bits per heavy atom. The number of amides is 1. The Morgan fingerprint density at radius 1 is 1.10 bits per heavy atom. The third kappa shape index (κ3) is 5.34. The molecule has 0 saturated carbocycles. The van der Waals surface area contributed by atoms with Crippen LogP contribution in [0.4, 0.5) is 0 Å². The van der Waals surface area contributed by atoms with Crippen LogP contribution in [0.2, 0.25) is 0 Å². The minimum absolute atomic E-state index is 0.0321. The first-order chi connectivity index (χ1) is 14.2. The highest BCUT2D eigenvalue weighted by Crippen LogP contribution is 2.23. The van der Waals surface area contributed by atoms with E-state index in [0.717, 1.165) is 37.2 Å². The van der Waals surface area contributed by atoms with Crippen LogP contribution in [0, 0.1) is 6.92 Å². The standard InChI is InChI=1S/C24H33N3O2S/c1-17-20(15-18-9-11-19(12-10-18)24(2,3)4)22(29)26(5)23(25-17)30-16-21(28)27-13-7-6-8-14-27/h9-12H,6-8,13-16H2,1-5H3. The zero-order valence-electron chi connectivity index (χ0n) is 18.8. The molecule has 0 N–H and O–H groups in total. The lowest BCUT2D eigenvalue weighted by Crippen LogP contribution is -2.37. The maximum Gasteiger partial charge on any atom is 0.257 e. The second kappa shape index (κ2) is 9.38. The van der Waals surface area contributed by atoms with E-state index in [1.807, 2.05) is 11.8 Å². The zero-order valence-corrected chi connectivity index (χ0v) is 19.6. The average Bonchev–Trinajstić information content (AvgIpc) is 2.73. The highest BCUT2D eigenvalue weighted by Gasteiger charge is 2.19. The van der Waals surface area contributed by atoms with Gasteiger partial charge in [0.25, 0.3) is 5.56 Å². The van der Waals surface area contributed by atoms with Gasteiger partial charge in [0.15, 0.2) is 5.16 Å². The summed E-state index contributed by atoms with van der Waals surface area (Å²) < 4.78 is 1.58. The number of rotatable bonds is 5. The molecule has 0 aliphatic carbocycles. The number of thioether (sulfide) groups is 1. The van der Waals surface area contributed by atoms with E-state index in [2.05, 4.69) is 50.0 Å². The van der Waals surface area contributed by atoms with Gasteiger partial charge in [-0.05, 0) is 42.7 Å². The highest BCUT2D eigenvalue weighted by molar-refractivity contribution is 7.99. The Hall–Kier alpha value is -2.08. The van der Waals surface area contributed by atoms with Crippen molar-refractivity contribution >= 4 is 17.7 Å². The van der Waals surface area contributed by atoms with Gasteiger partial charge in [-0.25, -0.2) is 4.98 Å². The van der Waals surface area contributed by atoms with Crippen LogP contribution in [-0.4, -0.2) is 39.2 Å². The van der Waals surface area contributed by atoms with Gasteiger partial charge in [-0.15, -0.1) is 0 Å². The molecule has 1 saturated heterocycles. The molecule has 1 amide bonds. The number of aromatic nitrogens is 2. The van der Waals surface area contributed by atoms with E-state index in [9.17, 15) is 9.59 Å². The molecule has 0 spiro atoms. The van der Waals surface area contributed by atoms with Crippen molar-refractivity contribution in [2.75, 3.05) is 18.8 Å². The maximum absolute atomic E-state index is 13.0. The van der Waals surface area contributed by atoms with Crippen LogP contribution in [0.25, 0.3) is 0 Å². The first-order valence-corrected chi connectivity index (χ1v) is 11.7. The number of hydrogen-bond acceptors (Lipinski definition) is 4. The smallest absolute Gasteiger partial charge is 0.257 e. The van der Waals surface area contributed by atoms with Gasteiger partial charge in [-0.1, -0.05) is 56.8 Å². The lowest BCUT2D eigenvalue weighted by molar-refractivity contribution is -0.129. The van der Waals surface area contributed by atoms with E-state index in [4.69, 9.17) is 0 Å². The van der Waals surface area contributed by atoms with E-state index < -0.39 is 0 Å². The second-order valence-corrected chi connectivity index (χ2v) is 10.1. The van der Waals surface area contributed by atoms with Crippen molar-refractivity contribution in [2.24, 2.45) is 7.05 Å². The summed E-state index contributed by atoms with van der Waals surface area (Å²) in [4.78, 5) is 32.0. The predicted molar refractivity (Wildman–Crippen MR) is 123 cm³/mol. The molecule has 0 unspecified atom stereocenters.